The number of nitrogens with two attached hydrogens (primary N) is 1. The first-order chi connectivity index (χ1) is 10.0. The molecule has 0 spiro atoms. The lowest BCUT2D eigenvalue weighted by Gasteiger charge is -2.04. The van der Waals surface area contributed by atoms with E-state index in [9.17, 15) is 8.42 Å². The zero-order chi connectivity index (χ0) is 14.9. The highest BCUT2D eigenvalue weighted by Crippen LogP contribution is 2.25. The van der Waals surface area contributed by atoms with E-state index in [4.69, 9.17) is 5.14 Å². The van der Waals surface area contributed by atoms with Gasteiger partial charge in [-0.05, 0) is 29.8 Å². The fraction of sp³-hybridized carbons (Fsp3) is 0.0714. The molecule has 0 saturated carbocycles. The summed E-state index contributed by atoms with van der Waals surface area (Å²) >= 11 is 1.59. The van der Waals surface area contributed by atoms with Crippen molar-refractivity contribution in [3.63, 3.8) is 0 Å². The van der Waals surface area contributed by atoms with E-state index in [0.29, 0.717) is 6.54 Å². The van der Waals surface area contributed by atoms with Gasteiger partial charge in [-0.1, -0.05) is 35.6 Å². The summed E-state index contributed by atoms with van der Waals surface area (Å²) in [7, 11) is -3.63. The highest BCUT2D eigenvalue weighted by atomic mass is 32.2. The van der Waals surface area contributed by atoms with E-state index in [1.54, 1.807) is 23.5 Å². The van der Waals surface area contributed by atoms with Gasteiger partial charge in [0.05, 0.1) is 15.1 Å². The summed E-state index contributed by atoms with van der Waals surface area (Å²) in [5.41, 5.74) is 1.93. The van der Waals surface area contributed by atoms with Gasteiger partial charge in [-0.25, -0.2) is 18.5 Å². The van der Waals surface area contributed by atoms with Crippen molar-refractivity contribution in [1.82, 2.24) is 4.98 Å². The van der Waals surface area contributed by atoms with Crippen LogP contribution in [0.1, 0.15) is 5.56 Å². The Kier molecular flexibility index (Phi) is 3.62. The number of hydrogen-bond acceptors (Lipinski definition) is 5. The predicted molar refractivity (Wildman–Crippen MR) is 84.8 cm³/mol. The Hall–Kier alpha value is -1.96. The second kappa shape index (κ2) is 5.44. The lowest BCUT2D eigenvalue weighted by Crippen LogP contribution is -2.12. The Bertz CT molecular complexity index is 838. The van der Waals surface area contributed by atoms with Crippen LogP contribution in [0.2, 0.25) is 0 Å². The first kappa shape index (κ1) is 14.0. The van der Waals surface area contributed by atoms with Gasteiger partial charge < -0.3 is 5.32 Å². The predicted octanol–water partition coefficient (Wildman–Crippen LogP) is 2.56. The molecule has 108 valence electrons. The smallest absolute Gasteiger partial charge is 0.238 e. The third-order valence-corrected chi connectivity index (χ3v) is 4.91. The van der Waals surface area contributed by atoms with Gasteiger partial charge in [0.25, 0.3) is 0 Å². The van der Waals surface area contributed by atoms with Gasteiger partial charge in [0.15, 0.2) is 5.13 Å². The summed E-state index contributed by atoms with van der Waals surface area (Å²) in [5, 5.41) is 9.14. The van der Waals surface area contributed by atoms with E-state index in [0.717, 1.165) is 20.9 Å². The maximum absolute atomic E-state index is 11.2. The molecule has 3 rings (SSSR count). The highest BCUT2D eigenvalue weighted by molar-refractivity contribution is 7.89. The zero-order valence-electron chi connectivity index (χ0n) is 11.0. The minimum absolute atomic E-state index is 0.117. The van der Waals surface area contributed by atoms with E-state index >= 15 is 0 Å². The first-order valence-electron chi connectivity index (χ1n) is 6.23. The van der Waals surface area contributed by atoms with Gasteiger partial charge in [-0.3, -0.25) is 0 Å². The van der Waals surface area contributed by atoms with Crippen LogP contribution in [0.3, 0.4) is 0 Å². The second-order valence-corrected chi connectivity index (χ2v) is 7.12. The Morgan fingerprint density at radius 3 is 2.48 bits per heavy atom. The molecule has 0 aliphatic rings. The van der Waals surface area contributed by atoms with Gasteiger partial charge >= 0.3 is 0 Å². The number of nitrogens with one attached hydrogen (secondary N) is 1. The molecular weight excluding hydrogens is 306 g/mol. The summed E-state index contributed by atoms with van der Waals surface area (Å²) in [6.07, 6.45) is 0. The number of sulfonamides is 1. The number of rotatable bonds is 4. The minimum Gasteiger partial charge on any atom is -0.357 e. The van der Waals surface area contributed by atoms with Crippen molar-refractivity contribution in [2.75, 3.05) is 5.32 Å². The van der Waals surface area contributed by atoms with Crippen molar-refractivity contribution < 1.29 is 8.42 Å². The van der Waals surface area contributed by atoms with Crippen LogP contribution in [-0.2, 0) is 16.6 Å². The van der Waals surface area contributed by atoms with Crippen molar-refractivity contribution in [2.24, 2.45) is 5.14 Å². The number of para-hydroxylation sites is 1. The van der Waals surface area contributed by atoms with Crippen LogP contribution in [0.4, 0.5) is 5.13 Å². The first-order valence-corrected chi connectivity index (χ1v) is 8.60. The van der Waals surface area contributed by atoms with E-state index < -0.39 is 10.0 Å². The summed E-state index contributed by atoms with van der Waals surface area (Å²) in [6.45, 7) is 0.574. The van der Waals surface area contributed by atoms with Crippen LogP contribution in [0, 0.1) is 0 Å². The Morgan fingerprint density at radius 1 is 1.10 bits per heavy atom. The molecule has 0 saturated heterocycles. The Labute approximate surface area is 126 Å². The summed E-state index contributed by atoms with van der Waals surface area (Å²) in [4.78, 5) is 4.59. The van der Waals surface area contributed by atoms with Gasteiger partial charge in [-0.15, -0.1) is 0 Å². The van der Waals surface area contributed by atoms with Gasteiger partial charge in [0.1, 0.15) is 0 Å². The topological polar surface area (TPSA) is 85.1 Å². The average molecular weight is 319 g/mol. The van der Waals surface area contributed by atoms with Crippen LogP contribution in [-0.4, -0.2) is 13.4 Å². The molecule has 5 nitrogen and oxygen atoms in total. The van der Waals surface area contributed by atoms with Gasteiger partial charge in [0, 0.05) is 6.54 Å². The number of thiazole rings is 1. The highest BCUT2D eigenvalue weighted by Gasteiger charge is 2.07. The number of anilines is 1. The van der Waals surface area contributed by atoms with Crippen LogP contribution in [0.15, 0.2) is 53.4 Å². The SMILES string of the molecule is NS(=O)(=O)c1ccc(CNc2nc3ccccc3s2)cc1. The van der Waals surface area contributed by atoms with Crippen LogP contribution in [0.5, 0.6) is 0 Å². The number of benzene rings is 2. The third-order valence-electron chi connectivity index (χ3n) is 2.99. The van der Waals surface area contributed by atoms with E-state index in [-0.39, 0.29) is 4.90 Å². The van der Waals surface area contributed by atoms with E-state index in [1.807, 2.05) is 24.3 Å². The molecule has 0 radical (unpaired) electrons. The molecule has 0 amide bonds. The zero-order valence-corrected chi connectivity index (χ0v) is 12.6. The molecular formula is C14H13N3O2S2. The maximum Gasteiger partial charge on any atom is 0.238 e. The number of aromatic nitrogens is 1. The van der Waals surface area contributed by atoms with Crippen LogP contribution in [0.25, 0.3) is 10.2 Å². The van der Waals surface area contributed by atoms with E-state index in [2.05, 4.69) is 10.3 Å². The summed E-state index contributed by atoms with van der Waals surface area (Å²) in [5.74, 6) is 0. The molecule has 3 aromatic rings. The molecule has 3 N–H and O–H groups in total. The molecule has 0 aliphatic heterocycles. The van der Waals surface area contributed by atoms with Crippen LogP contribution < -0.4 is 10.5 Å². The average Bonchev–Trinajstić information content (AvgIpc) is 2.87. The summed E-state index contributed by atoms with van der Waals surface area (Å²) < 4.78 is 23.5. The fourth-order valence-corrected chi connectivity index (χ4v) is 3.30. The standard InChI is InChI=1S/C14H13N3O2S2/c15-21(18,19)11-7-5-10(6-8-11)9-16-14-17-12-3-1-2-4-13(12)20-14/h1-8H,9H2,(H,16,17)(H2,15,18,19). The molecule has 1 heterocycles. The Morgan fingerprint density at radius 2 is 1.81 bits per heavy atom. The van der Waals surface area contributed by atoms with Crippen molar-refractivity contribution in [3.8, 4) is 0 Å². The monoisotopic (exact) mass is 319 g/mol. The molecule has 0 aliphatic carbocycles. The quantitative estimate of drug-likeness (QED) is 0.774. The maximum atomic E-state index is 11.2. The second-order valence-electron chi connectivity index (χ2n) is 4.53. The largest absolute Gasteiger partial charge is 0.357 e. The minimum atomic E-state index is -3.63. The number of primary sulfonamides is 1. The lowest BCUT2D eigenvalue weighted by atomic mass is 10.2. The van der Waals surface area contributed by atoms with Crippen molar-refractivity contribution in [2.45, 2.75) is 11.4 Å². The molecule has 0 unspecified atom stereocenters. The third kappa shape index (κ3) is 3.21. The number of hydrogen-bond donors (Lipinski definition) is 2. The number of fused-ring (bicyclic) bond motifs is 1. The van der Waals surface area contributed by atoms with E-state index in [1.165, 1.54) is 12.1 Å². The van der Waals surface area contributed by atoms with Crippen LogP contribution >= 0.6 is 11.3 Å². The van der Waals surface area contributed by atoms with Crippen molar-refractivity contribution >= 4 is 36.7 Å². The number of nitrogens with zero attached hydrogens (tertiary/aromatic N) is 1. The molecule has 0 bridgehead atoms. The normalized spacial score (nSPS) is 11.7. The fourth-order valence-electron chi connectivity index (χ4n) is 1.92. The lowest BCUT2D eigenvalue weighted by molar-refractivity contribution is 0.598. The molecule has 21 heavy (non-hydrogen) atoms. The van der Waals surface area contributed by atoms with Gasteiger partial charge in [0.2, 0.25) is 10.0 Å². The molecule has 0 atom stereocenters. The van der Waals surface area contributed by atoms with Gasteiger partial charge in [-0.2, -0.15) is 0 Å². The molecule has 7 heteroatoms. The molecule has 2 aromatic carbocycles. The van der Waals surface area contributed by atoms with Crippen molar-refractivity contribution in [1.29, 1.82) is 0 Å². The molecule has 0 fully saturated rings. The summed E-state index contributed by atoms with van der Waals surface area (Å²) in [6, 6.07) is 14.4. The molecule has 1 aromatic heterocycles. The Balaban J connectivity index is 1.72. The van der Waals surface area contributed by atoms with Crippen molar-refractivity contribution in [3.05, 3.63) is 54.1 Å².